The Kier molecular flexibility index (Phi) is 5.51. The second kappa shape index (κ2) is 6.17. The maximum atomic E-state index is 2.59. The fourth-order valence-corrected chi connectivity index (χ4v) is 13.8. The predicted octanol–water partition coefficient (Wildman–Crippen LogP) is 4.71. The molecule has 0 aromatic heterocycles. The van der Waals surface area contributed by atoms with Crippen LogP contribution in [0.25, 0.3) is 0 Å². The molecule has 0 N–H and O–H groups in total. The van der Waals surface area contributed by atoms with Crippen molar-refractivity contribution in [3.8, 4) is 0 Å². The molecule has 0 aromatic carbocycles. The van der Waals surface area contributed by atoms with E-state index in [0.717, 1.165) is 12.1 Å². The van der Waals surface area contributed by atoms with Crippen LogP contribution in [0.15, 0.2) is 24.0 Å². The van der Waals surface area contributed by atoms with Gasteiger partial charge in [0.15, 0.2) is 0 Å². The van der Waals surface area contributed by atoms with Gasteiger partial charge in [-0.05, 0) is 0 Å². The molecule has 1 heterocycles. The average Bonchev–Trinajstić information content (AvgIpc) is 2.48. The van der Waals surface area contributed by atoms with E-state index in [1.54, 1.807) is 5.90 Å². The van der Waals surface area contributed by atoms with E-state index in [1.165, 1.54) is 12.6 Å². The molecule has 0 spiro atoms. The minimum absolute atomic E-state index is 0.252. The Morgan fingerprint density at radius 2 is 2.07 bits per heavy atom. The zero-order valence-electron chi connectivity index (χ0n) is 10.7. The molecule has 0 saturated carbocycles. The van der Waals surface area contributed by atoms with Crippen LogP contribution in [0.5, 0.6) is 0 Å². The van der Waals surface area contributed by atoms with Crippen molar-refractivity contribution in [2.75, 3.05) is 25.4 Å². The quantitative estimate of drug-likeness (QED) is 0.496. The van der Waals surface area contributed by atoms with E-state index in [2.05, 4.69) is 51.2 Å². The second-order valence-electron chi connectivity index (χ2n) is 5.21. The molecule has 0 aliphatic carbocycles. The Hall–Kier alpha value is 0.340. The summed E-state index contributed by atoms with van der Waals surface area (Å²) >= 11 is 0. The third-order valence-corrected chi connectivity index (χ3v) is 13.1. The fraction of sp³-hybridized carbons (Fsp3) is 0.692. The molecule has 0 aromatic rings. The van der Waals surface area contributed by atoms with Crippen LogP contribution in [0.4, 0.5) is 0 Å². The van der Waals surface area contributed by atoms with Gasteiger partial charge in [-0.3, -0.25) is 0 Å². The van der Waals surface area contributed by atoms with Crippen LogP contribution in [0, 0.1) is 0 Å². The monoisotopic (exact) mass is 244 g/mol. The van der Waals surface area contributed by atoms with Crippen LogP contribution >= 0.6 is 15.2 Å². The molecule has 0 bridgehead atoms. The van der Waals surface area contributed by atoms with Crippen molar-refractivity contribution in [2.24, 2.45) is 0 Å². The summed E-state index contributed by atoms with van der Waals surface area (Å²) in [5.41, 5.74) is 1.09. The van der Waals surface area contributed by atoms with Crippen molar-refractivity contribution in [2.45, 2.75) is 32.3 Å². The first kappa shape index (κ1) is 13.4. The molecule has 0 nitrogen and oxygen atoms in total. The Labute approximate surface area is 97.3 Å². The molecule has 0 amide bonds. The molecule has 2 atom stereocenters. The molecular formula is C13H26P2. The Bertz CT molecular complexity index is 241. The van der Waals surface area contributed by atoms with E-state index in [1.807, 2.05) is 0 Å². The zero-order chi connectivity index (χ0) is 11.3. The summed E-state index contributed by atoms with van der Waals surface area (Å²) in [7, 11) is -0.589. The summed E-state index contributed by atoms with van der Waals surface area (Å²) in [4.78, 5) is 0. The molecule has 1 fully saturated rings. The standard InChI is InChI=1S/C13H26P2/c1-5-7-8-9-10-14-11-13(6-2)15(3,4)12-14/h5,7,9-10,13,15H,6,8,11-12H2,1-4H3/b7-5-,10-9-. The number of rotatable bonds is 4. The van der Waals surface area contributed by atoms with Crippen molar-refractivity contribution in [3.05, 3.63) is 24.0 Å². The third-order valence-electron chi connectivity index (χ3n) is 3.49. The van der Waals surface area contributed by atoms with Gasteiger partial charge in [0.1, 0.15) is 0 Å². The van der Waals surface area contributed by atoms with Gasteiger partial charge in [0.2, 0.25) is 0 Å². The molecule has 1 rings (SSSR count). The molecule has 15 heavy (non-hydrogen) atoms. The molecule has 0 radical (unpaired) electrons. The first-order valence-corrected chi connectivity index (χ1v) is 11.2. The van der Waals surface area contributed by atoms with Gasteiger partial charge in [-0.2, -0.15) is 0 Å². The van der Waals surface area contributed by atoms with Crippen LogP contribution in [0.3, 0.4) is 0 Å². The molecule has 1 saturated heterocycles. The third kappa shape index (κ3) is 4.01. The van der Waals surface area contributed by atoms with E-state index in [4.69, 9.17) is 0 Å². The van der Waals surface area contributed by atoms with E-state index in [0.29, 0.717) is 0 Å². The van der Waals surface area contributed by atoms with Crippen LogP contribution in [-0.4, -0.2) is 31.1 Å². The van der Waals surface area contributed by atoms with E-state index < -0.39 is 7.26 Å². The topological polar surface area (TPSA) is 0 Å². The Morgan fingerprint density at radius 3 is 2.60 bits per heavy atom. The van der Waals surface area contributed by atoms with Crippen LogP contribution < -0.4 is 0 Å². The summed E-state index contributed by atoms with van der Waals surface area (Å²) in [6, 6.07) is 0. The van der Waals surface area contributed by atoms with Gasteiger partial charge in [0.25, 0.3) is 0 Å². The molecule has 88 valence electrons. The Balaban J connectivity index is 2.44. The average molecular weight is 244 g/mol. The van der Waals surface area contributed by atoms with Gasteiger partial charge in [-0.15, -0.1) is 0 Å². The molecular weight excluding hydrogens is 218 g/mol. The van der Waals surface area contributed by atoms with Crippen molar-refractivity contribution in [3.63, 3.8) is 0 Å². The van der Waals surface area contributed by atoms with Crippen molar-refractivity contribution in [1.82, 2.24) is 0 Å². The summed E-state index contributed by atoms with van der Waals surface area (Å²) in [6.07, 6.45) is 10.8. The second-order valence-corrected chi connectivity index (χ2v) is 13.1. The van der Waals surface area contributed by atoms with Crippen molar-refractivity contribution >= 4 is 15.2 Å². The molecule has 2 heteroatoms. The normalized spacial score (nSPS) is 32.8. The van der Waals surface area contributed by atoms with Crippen molar-refractivity contribution < 1.29 is 0 Å². The van der Waals surface area contributed by atoms with Crippen LogP contribution in [-0.2, 0) is 0 Å². The summed E-state index contributed by atoms with van der Waals surface area (Å²) < 4.78 is 0. The van der Waals surface area contributed by atoms with Gasteiger partial charge in [0.05, 0.1) is 0 Å². The summed E-state index contributed by atoms with van der Waals surface area (Å²) in [5, 5.41) is 0. The van der Waals surface area contributed by atoms with Gasteiger partial charge in [0, 0.05) is 0 Å². The number of hydrogen-bond acceptors (Lipinski definition) is 0. The predicted molar refractivity (Wildman–Crippen MR) is 79.5 cm³/mol. The van der Waals surface area contributed by atoms with Gasteiger partial charge in [-0.1, -0.05) is 0 Å². The van der Waals surface area contributed by atoms with Gasteiger partial charge < -0.3 is 0 Å². The van der Waals surface area contributed by atoms with E-state index >= 15 is 0 Å². The van der Waals surface area contributed by atoms with E-state index in [-0.39, 0.29) is 7.92 Å². The first-order chi connectivity index (χ1) is 7.10. The first-order valence-electron chi connectivity index (χ1n) is 6.12. The van der Waals surface area contributed by atoms with Crippen LogP contribution in [0.1, 0.15) is 26.7 Å². The molecule has 1 aliphatic heterocycles. The summed E-state index contributed by atoms with van der Waals surface area (Å²) in [6.45, 7) is 9.65. The molecule has 1 aliphatic rings. The van der Waals surface area contributed by atoms with E-state index in [9.17, 15) is 0 Å². The van der Waals surface area contributed by atoms with Crippen molar-refractivity contribution in [1.29, 1.82) is 0 Å². The fourth-order valence-electron chi connectivity index (χ4n) is 2.47. The SMILES string of the molecule is C/C=C\C/C=C\P1CC(CC)[PH](C)(C)C1. The number of hydrogen-bond donors (Lipinski definition) is 0. The van der Waals surface area contributed by atoms with Crippen LogP contribution in [0.2, 0.25) is 0 Å². The zero-order valence-corrected chi connectivity index (χ0v) is 12.6. The Morgan fingerprint density at radius 1 is 1.33 bits per heavy atom. The van der Waals surface area contributed by atoms with Gasteiger partial charge >= 0.3 is 97.0 Å². The van der Waals surface area contributed by atoms with Gasteiger partial charge in [-0.25, -0.2) is 0 Å². The summed E-state index contributed by atoms with van der Waals surface area (Å²) in [5.74, 6) is 4.12. The maximum absolute atomic E-state index is 2.59. The number of allylic oxidation sites excluding steroid dienone is 3. The minimum atomic E-state index is -0.842. The molecule has 2 unspecified atom stereocenters.